The van der Waals surface area contributed by atoms with Crippen molar-refractivity contribution in [3.8, 4) is 5.75 Å². The van der Waals surface area contributed by atoms with E-state index in [1.165, 1.54) is 25.3 Å². The molecule has 0 spiro atoms. The van der Waals surface area contributed by atoms with Gasteiger partial charge in [0.25, 0.3) is 11.8 Å². The molecule has 0 bridgehead atoms. The van der Waals surface area contributed by atoms with Crippen LogP contribution in [0, 0.1) is 0 Å². The number of ether oxygens (including phenoxy) is 2. The number of hydrogen-bond acceptors (Lipinski definition) is 6. The standard InChI is InChI=1S/C20H17ClN2O5/c1-3-28-20(26)12-7-6-8-13(11-12)23-18(24)16(21)17(19(23)25)22-14-9-4-5-10-15(14)27-2/h4-11,22H,3H2,1-2H3. The number of rotatable bonds is 6. The number of nitrogens with one attached hydrogen (secondary N) is 1. The van der Waals surface area contributed by atoms with Gasteiger partial charge in [0.05, 0.1) is 30.7 Å². The zero-order valence-electron chi connectivity index (χ0n) is 15.2. The number of methoxy groups -OCH3 is 1. The maximum atomic E-state index is 12.9. The SMILES string of the molecule is CCOC(=O)c1cccc(N2C(=O)C(Cl)=C(Nc3ccccc3OC)C2=O)c1. The first kappa shape index (κ1) is 19.4. The van der Waals surface area contributed by atoms with Gasteiger partial charge in [-0.05, 0) is 37.3 Å². The molecule has 8 heteroatoms. The van der Waals surface area contributed by atoms with Crippen molar-refractivity contribution in [2.24, 2.45) is 0 Å². The summed E-state index contributed by atoms with van der Waals surface area (Å²) in [6.07, 6.45) is 0. The number of benzene rings is 2. The molecule has 1 heterocycles. The van der Waals surface area contributed by atoms with Crippen molar-refractivity contribution in [2.75, 3.05) is 23.9 Å². The third kappa shape index (κ3) is 3.57. The van der Waals surface area contributed by atoms with Crippen LogP contribution < -0.4 is 15.0 Å². The molecule has 1 aliphatic rings. The molecule has 144 valence electrons. The second kappa shape index (κ2) is 8.14. The Morgan fingerprint density at radius 3 is 2.57 bits per heavy atom. The number of esters is 1. The minimum atomic E-state index is -0.690. The zero-order chi connectivity index (χ0) is 20.3. The second-order valence-electron chi connectivity index (χ2n) is 5.73. The van der Waals surface area contributed by atoms with Crippen LogP contribution in [0.25, 0.3) is 0 Å². The summed E-state index contributed by atoms with van der Waals surface area (Å²) in [4.78, 5) is 38.3. The lowest BCUT2D eigenvalue weighted by atomic mass is 10.2. The Morgan fingerprint density at radius 2 is 1.86 bits per heavy atom. The molecule has 2 amide bonds. The molecule has 0 saturated carbocycles. The van der Waals surface area contributed by atoms with Crippen molar-refractivity contribution >= 4 is 40.8 Å². The van der Waals surface area contributed by atoms with Gasteiger partial charge in [-0.2, -0.15) is 0 Å². The number of nitrogens with zero attached hydrogens (tertiary/aromatic N) is 1. The third-order valence-electron chi connectivity index (χ3n) is 4.01. The van der Waals surface area contributed by atoms with Gasteiger partial charge in [0, 0.05) is 0 Å². The smallest absolute Gasteiger partial charge is 0.338 e. The Hall–Kier alpha value is -3.32. The van der Waals surface area contributed by atoms with E-state index in [4.69, 9.17) is 21.1 Å². The molecule has 2 aromatic rings. The summed E-state index contributed by atoms with van der Waals surface area (Å²) in [6.45, 7) is 1.90. The van der Waals surface area contributed by atoms with Gasteiger partial charge in [0.15, 0.2) is 0 Å². The third-order valence-corrected chi connectivity index (χ3v) is 4.36. The normalized spacial score (nSPS) is 13.8. The highest BCUT2D eigenvalue weighted by Gasteiger charge is 2.39. The van der Waals surface area contributed by atoms with Crippen LogP contribution in [0.2, 0.25) is 0 Å². The van der Waals surface area contributed by atoms with Gasteiger partial charge >= 0.3 is 5.97 Å². The molecule has 1 N–H and O–H groups in total. The lowest BCUT2D eigenvalue weighted by molar-refractivity contribution is -0.120. The molecule has 0 fully saturated rings. The number of imide groups is 1. The molecule has 3 rings (SSSR count). The first-order chi connectivity index (χ1) is 13.5. The highest BCUT2D eigenvalue weighted by Crippen LogP contribution is 2.33. The van der Waals surface area contributed by atoms with Crippen molar-refractivity contribution in [2.45, 2.75) is 6.92 Å². The molecule has 0 saturated heterocycles. The predicted molar refractivity (Wildman–Crippen MR) is 104 cm³/mol. The number of carbonyl (C=O) groups is 3. The Balaban J connectivity index is 1.91. The number of hydrogen-bond donors (Lipinski definition) is 1. The lowest BCUT2D eigenvalue weighted by Crippen LogP contribution is -2.32. The summed E-state index contributed by atoms with van der Waals surface area (Å²) in [6, 6.07) is 13.0. The monoisotopic (exact) mass is 400 g/mol. The van der Waals surface area contributed by atoms with Crippen LogP contribution in [-0.4, -0.2) is 31.5 Å². The first-order valence-corrected chi connectivity index (χ1v) is 8.81. The fraction of sp³-hybridized carbons (Fsp3) is 0.150. The molecule has 1 aliphatic heterocycles. The van der Waals surface area contributed by atoms with E-state index in [9.17, 15) is 14.4 Å². The van der Waals surface area contributed by atoms with Gasteiger partial charge in [-0.15, -0.1) is 0 Å². The van der Waals surface area contributed by atoms with Crippen molar-refractivity contribution in [3.63, 3.8) is 0 Å². The minimum Gasteiger partial charge on any atom is -0.495 e. The van der Waals surface area contributed by atoms with Gasteiger partial charge in [-0.1, -0.05) is 29.8 Å². The summed E-state index contributed by atoms with van der Waals surface area (Å²) in [5.41, 5.74) is 0.858. The summed E-state index contributed by atoms with van der Waals surface area (Å²) in [5.74, 6) is -1.38. The van der Waals surface area contributed by atoms with Crippen LogP contribution in [-0.2, 0) is 14.3 Å². The van der Waals surface area contributed by atoms with E-state index >= 15 is 0 Å². The quantitative estimate of drug-likeness (QED) is 0.591. The van der Waals surface area contributed by atoms with Crippen molar-refractivity contribution in [1.82, 2.24) is 0 Å². The molecule has 2 aromatic carbocycles. The van der Waals surface area contributed by atoms with E-state index in [-0.39, 0.29) is 28.6 Å². The second-order valence-corrected chi connectivity index (χ2v) is 6.11. The molecule has 0 aromatic heterocycles. The molecule has 0 radical (unpaired) electrons. The van der Waals surface area contributed by atoms with Crippen LogP contribution in [0.4, 0.5) is 11.4 Å². The average molecular weight is 401 g/mol. The van der Waals surface area contributed by atoms with E-state index in [1.54, 1.807) is 37.3 Å². The Morgan fingerprint density at radius 1 is 1.11 bits per heavy atom. The molecular weight excluding hydrogens is 384 g/mol. The van der Waals surface area contributed by atoms with E-state index in [1.807, 2.05) is 0 Å². The van der Waals surface area contributed by atoms with E-state index in [0.717, 1.165) is 4.90 Å². The number of anilines is 2. The van der Waals surface area contributed by atoms with Crippen LogP contribution >= 0.6 is 11.6 Å². The van der Waals surface area contributed by atoms with Crippen molar-refractivity contribution in [3.05, 3.63) is 64.8 Å². The first-order valence-electron chi connectivity index (χ1n) is 8.43. The molecule has 0 aliphatic carbocycles. The average Bonchev–Trinajstić information content (AvgIpc) is 2.92. The maximum absolute atomic E-state index is 12.9. The largest absolute Gasteiger partial charge is 0.495 e. The maximum Gasteiger partial charge on any atom is 0.338 e. The van der Waals surface area contributed by atoms with Gasteiger partial charge in [-0.25, -0.2) is 9.69 Å². The molecule has 0 atom stereocenters. The summed E-state index contributed by atoms with van der Waals surface area (Å²) < 4.78 is 10.2. The minimum absolute atomic E-state index is 0.0716. The fourth-order valence-corrected chi connectivity index (χ4v) is 2.93. The highest BCUT2D eigenvalue weighted by molar-refractivity contribution is 6.53. The fourth-order valence-electron chi connectivity index (χ4n) is 2.71. The summed E-state index contributed by atoms with van der Waals surface area (Å²) >= 11 is 6.14. The topological polar surface area (TPSA) is 84.9 Å². The van der Waals surface area contributed by atoms with Crippen LogP contribution in [0.5, 0.6) is 5.75 Å². The van der Waals surface area contributed by atoms with Crippen LogP contribution in [0.15, 0.2) is 59.3 Å². The van der Waals surface area contributed by atoms with Gasteiger partial charge in [0.1, 0.15) is 16.5 Å². The van der Waals surface area contributed by atoms with E-state index in [0.29, 0.717) is 11.4 Å². The van der Waals surface area contributed by atoms with Crippen molar-refractivity contribution < 1.29 is 23.9 Å². The van der Waals surface area contributed by atoms with Crippen LogP contribution in [0.3, 0.4) is 0 Å². The van der Waals surface area contributed by atoms with Crippen molar-refractivity contribution in [1.29, 1.82) is 0 Å². The van der Waals surface area contributed by atoms with Gasteiger partial charge in [0.2, 0.25) is 0 Å². The highest BCUT2D eigenvalue weighted by atomic mass is 35.5. The molecular formula is C20H17ClN2O5. The number of carbonyl (C=O) groups excluding carboxylic acids is 3. The Kier molecular flexibility index (Phi) is 5.65. The molecule has 0 unspecified atom stereocenters. The van der Waals surface area contributed by atoms with Gasteiger partial charge < -0.3 is 14.8 Å². The van der Waals surface area contributed by atoms with Crippen LogP contribution in [0.1, 0.15) is 17.3 Å². The number of para-hydroxylation sites is 2. The summed E-state index contributed by atoms with van der Waals surface area (Å²) in [5, 5.41) is 2.61. The van der Waals surface area contributed by atoms with Gasteiger partial charge in [-0.3, -0.25) is 9.59 Å². The molecule has 28 heavy (non-hydrogen) atoms. The van der Waals surface area contributed by atoms with E-state index < -0.39 is 17.8 Å². The Labute approximate surface area is 166 Å². The molecule has 7 nitrogen and oxygen atoms in total. The summed E-state index contributed by atoms with van der Waals surface area (Å²) in [7, 11) is 1.49. The Bertz CT molecular complexity index is 986. The zero-order valence-corrected chi connectivity index (χ0v) is 15.9. The number of amides is 2. The van der Waals surface area contributed by atoms with E-state index in [2.05, 4.69) is 5.32 Å². The predicted octanol–water partition coefficient (Wildman–Crippen LogP) is 3.31. The number of halogens is 1. The lowest BCUT2D eigenvalue weighted by Gasteiger charge is -2.16.